The Bertz CT molecular complexity index is 1040. The van der Waals surface area contributed by atoms with Gasteiger partial charge in [-0.05, 0) is 29.3 Å². The summed E-state index contributed by atoms with van der Waals surface area (Å²) in [5.41, 5.74) is 1.39. The average Bonchev–Trinajstić information content (AvgIpc) is 2.76. The second-order valence-corrected chi connectivity index (χ2v) is 6.07. The highest BCUT2D eigenvalue weighted by Gasteiger charge is 2.07. The Kier molecular flexibility index (Phi) is 6.84. The van der Waals surface area contributed by atoms with E-state index in [1.807, 2.05) is 48.5 Å². The van der Waals surface area contributed by atoms with Crippen molar-refractivity contribution in [2.45, 2.75) is 13.2 Å². The first-order chi connectivity index (χ1) is 14.1. The van der Waals surface area contributed by atoms with Crippen molar-refractivity contribution in [3.05, 3.63) is 100 Å². The van der Waals surface area contributed by atoms with Crippen LogP contribution in [0.2, 0.25) is 0 Å². The molecule has 0 radical (unpaired) electrons. The highest BCUT2D eigenvalue weighted by molar-refractivity contribution is 5.87. The van der Waals surface area contributed by atoms with E-state index < -0.39 is 5.97 Å². The lowest BCUT2D eigenvalue weighted by atomic mass is 10.2. The molecule has 29 heavy (non-hydrogen) atoms. The highest BCUT2D eigenvalue weighted by Crippen LogP contribution is 2.14. The molecular weight excluding hydrogens is 372 g/mol. The minimum Gasteiger partial charge on any atom is -0.497 e. The van der Waals surface area contributed by atoms with Gasteiger partial charge in [0.05, 0.1) is 7.11 Å². The normalized spacial score (nSPS) is 10.7. The molecule has 3 rings (SSSR count). The zero-order valence-corrected chi connectivity index (χ0v) is 15.9. The number of hydrogen-bond donors (Lipinski definition) is 0. The Morgan fingerprint density at radius 2 is 1.86 bits per heavy atom. The number of hydrogen-bond acceptors (Lipinski definition) is 6. The summed E-state index contributed by atoms with van der Waals surface area (Å²) in [4.78, 5) is 24.0. The van der Waals surface area contributed by atoms with E-state index in [1.54, 1.807) is 19.3 Å². The molecule has 0 fully saturated rings. The molecule has 6 heteroatoms. The van der Waals surface area contributed by atoms with Crippen LogP contribution in [0.15, 0.2) is 82.2 Å². The van der Waals surface area contributed by atoms with Crippen molar-refractivity contribution < 1.29 is 23.4 Å². The van der Waals surface area contributed by atoms with Crippen LogP contribution in [0.1, 0.15) is 16.9 Å². The van der Waals surface area contributed by atoms with E-state index in [2.05, 4.69) is 0 Å². The number of esters is 1. The van der Waals surface area contributed by atoms with Gasteiger partial charge in [0.25, 0.3) is 0 Å². The van der Waals surface area contributed by atoms with Crippen LogP contribution in [-0.4, -0.2) is 13.1 Å². The van der Waals surface area contributed by atoms with Gasteiger partial charge in [-0.15, -0.1) is 0 Å². The molecule has 0 spiro atoms. The minimum absolute atomic E-state index is 0.0989. The lowest BCUT2D eigenvalue weighted by molar-refractivity contribution is -0.139. The molecule has 0 aliphatic carbocycles. The Balaban J connectivity index is 1.52. The SMILES string of the molecule is COc1cccc(/C=C/C(=O)OCc2cc(=O)c(OCc3ccccc3)co2)c1. The van der Waals surface area contributed by atoms with E-state index in [-0.39, 0.29) is 30.2 Å². The zero-order chi connectivity index (χ0) is 20.5. The topological polar surface area (TPSA) is 75.0 Å². The number of benzene rings is 2. The molecule has 3 aromatic rings. The van der Waals surface area contributed by atoms with Crippen molar-refractivity contribution in [2.24, 2.45) is 0 Å². The molecule has 0 amide bonds. The molecule has 0 bridgehead atoms. The number of carbonyl (C=O) groups is 1. The van der Waals surface area contributed by atoms with E-state index in [9.17, 15) is 9.59 Å². The van der Waals surface area contributed by atoms with E-state index in [4.69, 9.17) is 18.6 Å². The maximum absolute atomic E-state index is 12.1. The summed E-state index contributed by atoms with van der Waals surface area (Å²) in [6.07, 6.45) is 4.13. The second kappa shape index (κ2) is 9.94. The van der Waals surface area contributed by atoms with Crippen molar-refractivity contribution in [2.75, 3.05) is 7.11 Å². The highest BCUT2D eigenvalue weighted by atomic mass is 16.5. The molecule has 2 aromatic carbocycles. The average molecular weight is 392 g/mol. The summed E-state index contributed by atoms with van der Waals surface area (Å²) >= 11 is 0. The molecule has 1 aromatic heterocycles. The van der Waals surface area contributed by atoms with E-state index in [0.717, 1.165) is 11.1 Å². The summed E-state index contributed by atoms with van der Waals surface area (Å²) in [5.74, 6) is 0.462. The van der Waals surface area contributed by atoms with Gasteiger partial charge in [0, 0.05) is 12.1 Å². The summed E-state index contributed by atoms with van der Waals surface area (Å²) < 4.78 is 21.0. The summed E-state index contributed by atoms with van der Waals surface area (Å²) in [6.45, 7) is 0.102. The molecule has 6 nitrogen and oxygen atoms in total. The van der Waals surface area contributed by atoms with Crippen LogP contribution in [0.25, 0.3) is 6.08 Å². The Morgan fingerprint density at radius 3 is 2.62 bits per heavy atom. The molecular formula is C23H20O6. The lowest BCUT2D eigenvalue weighted by Crippen LogP contribution is -2.09. The Labute approximate surface area is 168 Å². The van der Waals surface area contributed by atoms with Crippen LogP contribution in [0.5, 0.6) is 11.5 Å². The predicted octanol–water partition coefficient (Wildman–Crippen LogP) is 3.98. The third-order valence-electron chi connectivity index (χ3n) is 3.95. The summed E-state index contributed by atoms with van der Waals surface area (Å²) in [6, 6.07) is 18.0. The van der Waals surface area contributed by atoms with Crippen LogP contribution in [0, 0.1) is 0 Å². The number of carbonyl (C=O) groups excluding carboxylic acids is 1. The van der Waals surface area contributed by atoms with Crippen LogP contribution >= 0.6 is 0 Å². The van der Waals surface area contributed by atoms with E-state index in [1.165, 1.54) is 18.4 Å². The van der Waals surface area contributed by atoms with Crippen molar-refractivity contribution in [1.82, 2.24) is 0 Å². The van der Waals surface area contributed by atoms with E-state index >= 15 is 0 Å². The maximum atomic E-state index is 12.1. The van der Waals surface area contributed by atoms with E-state index in [0.29, 0.717) is 5.75 Å². The second-order valence-electron chi connectivity index (χ2n) is 6.07. The fraction of sp³-hybridized carbons (Fsp3) is 0.130. The summed E-state index contributed by atoms with van der Waals surface area (Å²) in [7, 11) is 1.57. The van der Waals surface area contributed by atoms with Crippen molar-refractivity contribution in [3.8, 4) is 11.5 Å². The van der Waals surface area contributed by atoms with Gasteiger partial charge in [-0.1, -0.05) is 42.5 Å². The molecule has 1 heterocycles. The molecule has 0 aliphatic rings. The van der Waals surface area contributed by atoms with Gasteiger partial charge in [0.2, 0.25) is 11.2 Å². The van der Waals surface area contributed by atoms with Gasteiger partial charge >= 0.3 is 5.97 Å². The quantitative estimate of drug-likeness (QED) is 0.426. The fourth-order valence-corrected chi connectivity index (χ4v) is 2.45. The largest absolute Gasteiger partial charge is 0.497 e. The molecule has 0 unspecified atom stereocenters. The van der Waals surface area contributed by atoms with Crippen LogP contribution in [0.3, 0.4) is 0 Å². The zero-order valence-electron chi connectivity index (χ0n) is 15.9. The minimum atomic E-state index is -0.556. The Morgan fingerprint density at radius 1 is 1.03 bits per heavy atom. The summed E-state index contributed by atoms with van der Waals surface area (Å²) in [5, 5.41) is 0. The monoisotopic (exact) mass is 392 g/mol. The van der Waals surface area contributed by atoms with Crippen molar-refractivity contribution >= 4 is 12.0 Å². The first-order valence-electron chi connectivity index (χ1n) is 8.91. The standard InChI is InChI=1S/C23H20O6/c1-26-19-9-5-8-17(12-19)10-11-23(25)29-15-20-13-21(24)22(16-27-20)28-14-18-6-3-2-4-7-18/h2-13,16H,14-15H2,1H3/b11-10+. The van der Waals surface area contributed by atoms with Gasteiger partial charge in [-0.3, -0.25) is 4.79 Å². The van der Waals surface area contributed by atoms with Crippen molar-refractivity contribution in [3.63, 3.8) is 0 Å². The van der Waals surface area contributed by atoms with Gasteiger partial charge in [0.15, 0.2) is 0 Å². The van der Waals surface area contributed by atoms with Crippen molar-refractivity contribution in [1.29, 1.82) is 0 Å². The van der Waals surface area contributed by atoms with Crippen LogP contribution in [-0.2, 0) is 22.7 Å². The smallest absolute Gasteiger partial charge is 0.331 e. The molecule has 0 aliphatic heterocycles. The Hall–Kier alpha value is -3.80. The third kappa shape index (κ3) is 6.10. The number of methoxy groups -OCH3 is 1. The molecule has 0 N–H and O–H groups in total. The number of rotatable bonds is 8. The van der Waals surface area contributed by atoms with Gasteiger partial charge in [-0.25, -0.2) is 4.79 Å². The number of ether oxygens (including phenoxy) is 3. The van der Waals surface area contributed by atoms with Crippen LogP contribution in [0.4, 0.5) is 0 Å². The lowest BCUT2D eigenvalue weighted by Gasteiger charge is -2.06. The van der Waals surface area contributed by atoms with Gasteiger partial charge < -0.3 is 18.6 Å². The fourth-order valence-electron chi connectivity index (χ4n) is 2.45. The first kappa shape index (κ1) is 19.9. The van der Waals surface area contributed by atoms with Crippen LogP contribution < -0.4 is 14.9 Å². The van der Waals surface area contributed by atoms with Gasteiger partial charge in [-0.2, -0.15) is 0 Å². The molecule has 0 saturated carbocycles. The maximum Gasteiger partial charge on any atom is 0.331 e. The van der Waals surface area contributed by atoms with Gasteiger partial charge in [0.1, 0.15) is 31.0 Å². The molecule has 0 saturated heterocycles. The predicted molar refractivity (Wildman–Crippen MR) is 108 cm³/mol. The molecule has 148 valence electrons. The third-order valence-corrected chi connectivity index (χ3v) is 3.95. The first-order valence-corrected chi connectivity index (χ1v) is 8.91. The molecule has 0 atom stereocenters.